The fraction of sp³-hybridized carbons (Fsp3) is 0.286. The van der Waals surface area contributed by atoms with Crippen LogP contribution < -0.4 is 4.74 Å². The van der Waals surface area contributed by atoms with Gasteiger partial charge >= 0.3 is 6.18 Å². The van der Waals surface area contributed by atoms with Gasteiger partial charge in [-0.1, -0.05) is 0 Å². The van der Waals surface area contributed by atoms with E-state index < -0.39 is 24.8 Å². The highest BCUT2D eigenvalue weighted by Crippen LogP contribution is 2.41. The van der Waals surface area contributed by atoms with Crippen molar-refractivity contribution in [1.82, 2.24) is 0 Å². The Balaban J connectivity index is 1.96. The number of benzene rings is 1. The molecule has 1 aliphatic heterocycles. The van der Waals surface area contributed by atoms with E-state index in [-0.39, 0.29) is 5.75 Å². The lowest BCUT2D eigenvalue weighted by atomic mass is 9.96. The van der Waals surface area contributed by atoms with Gasteiger partial charge in [-0.05, 0) is 30.3 Å². The SMILES string of the molecule is OC1CC(C(F)(F)F)Oc2ccc(-c3ccco3)cc21. The summed E-state index contributed by atoms with van der Waals surface area (Å²) in [4.78, 5) is 0. The molecule has 2 heterocycles. The number of aliphatic hydroxyl groups excluding tert-OH is 1. The average molecular weight is 284 g/mol. The molecule has 1 aromatic heterocycles. The third-order valence-electron chi connectivity index (χ3n) is 3.25. The third-order valence-corrected chi connectivity index (χ3v) is 3.25. The molecule has 0 radical (unpaired) electrons. The van der Waals surface area contributed by atoms with Crippen LogP contribution in [-0.2, 0) is 0 Å². The molecule has 2 aromatic rings. The maximum Gasteiger partial charge on any atom is 0.425 e. The quantitative estimate of drug-likeness (QED) is 0.868. The van der Waals surface area contributed by atoms with E-state index in [0.717, 1.165) is 0 Å². The van der Waals surface area contributed by atoms with Crippen molar-refractivity contribution in [3.05, 3.63) is 42.2 Å². The van der Waals surface area contributed by atoms with Gasteiger partial charge in [0.1, 0.15) is 11.5 Å². The van der Waals surface area contributed by atoms with Crippen molar-refractivity contribution in [2.75, 3.05) is 0 Å². The Labute approximate surface area is 112 Å². The number of alkyl halides is 3. The number of ether oxygens (including phenoxy) is 1. The van der Waals surface area contributed by atoms with Crippen molar-refractivity contribution in [2.45, 2.75) is 24.8 Å². The number of furan rings is 1. The van der Waals surface area contributed by atoms with E-state index in [4.69, 9.17) is 9.15 Å². The van der Waals surface area contributed by atoms with Gasteiger partial charge in [-0.3, -0.25) is 0 Å². The van der Waals surface area contributed by atoms with E-state index in [1.54, 1.807) is 24.3 Å². The molecule has 6 heteroatoms. The van der Waals surface area contributed by atoms with Crippen LogP contribution in [-0.4, -0.2) is 17.4 Å². The lowest BCUT2D eigenvalue weighted by Gasteiger charge is -2.31. The molecule has 2 atom stereocenters. The molecule has 1 aliphatic rings. The number of fused-ring (bicyclic) bond motifs is 1. The highest BCUT2D eigenvalue weighted by Gasteiger charge is 2.45. The van der Waals surface area contributed by atoms with Crippen molar-refractivity contribution < 1.29 is 27.4 Å². The minimum atomic E-state index is -4.49. The lowest BCUT2D eigenvalue weighted by Crippen LogP contribution is -2.38. The Kier molecular flexibility index (Phi) is 2.97. The maximum atomic E-state index is 12.7. The number of hydrogen-bond acceptors (Lipinski definition) is 3. The first-order chi connectivity index (χ1) is 9.45. The van der Waals surface area contributed by atoms with Crippen molar-refractivity contribution >= 4 is 0 Å². The second-order valence-corrected chi connectivity index (χ2v) is 4.63. The zero-order valence-corrected chi connectivity index (χ0v) is 10.2. The molecule has 1 aromatic carbocycles. The standard InChI is InChI=1S/C14H11F3O3/c15-14(16,17)13-7-10(18)9-6-8(3-4-12(9)20-13)11-2-1-5-19-11/h1-6,10,13,18H,7H2. The summed E-state index contributed by atoms with van der Waals surface area (Å²) < 4.78 is 48.1. The Morgan fingerprint density at radius 2 is 2.00 bits per heavy atom. The largest absolute Gasteiger partial charge is 0.480 e. The zero-order chi connectivity index (χ0) is 14.3. The molecule has 106 valence electrons. The fourth-order valence-corrected chi connectivity index (χ4v) is 2.24. The first kappa shape index (κ1) is 13.1. The van der Waals surface area contributed by atoms with Crippen molar-refractivity contribution in [2.24, 2.45) is 0 Å². The summed E-state index contributed by atoms with van der Waals surface area (Å²) in [5.41, 5.74) is 1.03. The first-order valence-electron chi connectivity index (χ1n) is 6.04. The highest BCUT2D eigenvalue weighted by molar-refractivity contribution is 5.61. The maximum absolute atomic E-state index is 12.7. The smallest absolute Gasteiger partial charge is 0.425 e. The van der Waals surface area contributed by atoms with E-state index in [1.165, 1.54) is 12.3 Å². The molecule has 0 fully saturated rings. The number of aliphatic hydroxyl groups is 1. The van der Waals surface area contributed by atoms with E-state index in [1.807, 2.05) is 0 Å². The molecule has 3 nitrogen and oxygen atoms in total. The molecule has 0 amide bonds. The molecule has 0 saturated heterocycles. The van der Waals surface area contributed by atoms with Gasteiger partial charge in [0.25, 0.3) is 0 Å². The van der Waals surface area contributed by atoms with Gasteiger partial charge in [-0.25, -0.2) is 0 Å². The van der Waals surface area contributed by atoms with Crippen molar-refractivity contribution in [1.29, 1.82) is 0 Å². The first-order valence-corrected chi connectivity index (χ1v) is 6.04. The molecule has 2 unspecified atom stereocenters. The van der Waals surface area contributed by atoms with Crippen LogP contribution in [0, 0.1) is 0 Å². The summed E-state index contributed by atoms with van der Waals surface area (Å²) in [6, 6.07) is 8.06. The van der Waals surface area contributed by atoms with E-state index in [2.05, 4.69) is 0 Å². The summed E-state index contributed by atoms with van der Waals surface area (Å²) in [7, 11) is 0. The van der Waals surface area contributed by atoms with Gasteiger partial charge in [0, 0.05) is 17.5 Å². The molecule has 0 saturated carbocycles. The average Bonchev–Trinajstić information content (AvgIpc) is 2.91. The predicted molar refractivity (Wildman–Crippen MR) is 64.2 cm³/mol. The molecular weight excluding hydrogens is 273 g/mol. The van der Waals surface area contributed by atoms with E-state index in [0.29, 0.717) is 16.9 Å². The molecule has 1 N–H and O–H groups in total. The van der Waals surface area contributed by atoms with Crippen molar-refractivity contribution in [3.8, 4) is 17.1 Å². The summed E-state index contributed by atoms with van der Waals surface area (Å²) in [6.45, 7) is 0. The summed E-state index contributed by atoms with van der Waals surface area (Å²) in [6.07, 6.45) is -6.67. The predicted octanol–water partition coefficient (Wildman–Crippen LogP) is 3.69. The topological polar surface area (TPSA) is 42.6 Å². The fourth-order valence-electron chi connectivity index (χ4n) is 2.24. The summed E-state index contributed by atoms with van der Waals surface area (Å²) in [5, 5.41) is 9.91. The molecule has 0 aliphatic carbocycles. The van der Waals surface area contributed by atoms with Gasteiger partial charge in [0.15, 0.2) is 6.10 Å². The van der Waals surface area contributed by atoms with E-state index >= 15 is 0 Å². The Bertz CT molecular complexity index is 605. The minimum Gasteiger partial charge on any atom is -0.480 e. The number of hydrogen-bond donors (Lipinski definition) is 1. The van der Waals surface area contributed by atoms with Crippen molar-refractivity contribution in [3.63, 3.8) is 0 Å². The summed E-state index contributed by atoms with van der Waals surface area (Å²) >= 11 is 0. The van der Waals surface area contributed by atoms with E-state index in [9.17, 15) is 18.3 Å². The van der Waals surface area contributed by atoms with Gasteiger partial charge in [0.05, 0.1) is 12.4 Å². The Morgan fingerprint density at radius 3 is 2.65 bits per heavy atom. The number of rotatable bonds is 1. The lowest BCUT2D eigenvalue weighted by molar-refractivity contribution is -0.207. The normalized spacial score (nSPS) is 22.2. The molecular formula is C14H11F3O3. The second kappa shape index (κ2) is 4.56. The third kappa shape index (κ3) is 2.27. The van der Waals surface area contributed by atoms with Crippen LogP contribution in [0.5, 0.6) is 5.75 Å². The van der Waals surface area contributed by atoms with Crippen LogP contribution in [0.25, 0.3) is 11.3 Å². The second-order valence-electron chi connectivity index (χ2n) is 4.63. The van der Waals surface area contributed by atoms with Crippen LogP contribution in [0.1, 0.15) is 18.1 Å². The van der Waals surface area contributed by atoms with Crippen LogP contribution >= 0.6 is 0 Å². The zero-order valence-electron chi connectivity index (χ0n) is 10.2. The van der Waals surface area contributed by atoms with Gasteiger partial charge in [0.2, 0.25) is 0 Å². The molecule has 0 spiro atoms. The summed E-state index contributed by atoms with van der Waals surface area (Å²) in [5.74, 6) is 0.638. The van der Waals surface area contributed by atoms with Crippen LogP contribution in [0.2, 0.25) is 0 Å². The molecule has 3 rings (SSSR count). The Morgan fingerprint density at radius 1 is 1.20 bits per heavy atom. The minimum absolute atomic E-state index is 0.0568. The van der Waals surface area contributed by atoms with Crippen LogP contribution in [0.15, 0.2) is 41.0 Å². The highest BCUT2D eigenvalue weighted by atomic mass is 19.4. The van der Waals surface area contributed by atoms with Gasteiger partial charge in [-0.15, -0.1) is 0 Å². The Hall–Kier alpha value is -1.95. The van der Waals surface area contributed by atoms with Crippen LogP contribution in [0.3, 0.4) is 0 Å². The monoisotopic (exact) mass is 284 g/mol. The van der Waals surface area contributed by atoms with Gasteiger partial charge < -0.3 is 14.3 Å². The molecule has 0 bridgehead atoms. The van der Waals surface area contributed by atoms with Gasteiger partial charge in [-0.2, -0.15) is 13.2 Å². The molecule has 20 heavy (non-hydrogen) atoms. The number of halogens is 3. The van der Waals surface area contributed by atoms with Crippen LogP contribution in [0.4, 0.5) is 13.2 Å².